The number of amides is 1. The largest absolute Gasteiger partial charge is 0.416 e. The van der Waals surface area contributed by atoms with Gasteiger partial charge in [0.25, 0.3) is 5.91 Å². The highest BCUT2D eigenvalue weighted by Crippen LogP contribution is 2.29. The lowest BCUT2D eigenvalue weighted by Gasteiger charge is -2.08. The fourth-order valence-corrected chi connectivity index (χ4v) is 1.73. The minimum atomic E-state index is -4.47. The van der Waals surface area contributed by atoms with Gasteiger partial charge in [0.05, 0.1) is 12.1 Å². The van der Waals surface area contributed by atoms with Crippen molar-refractivity contribution in [2.75, 3.05) is 6.54 Å². The molecule has 0 aromatic heterocycles. The van der Waals surface area contributed by atoms with Gasteiger partial charge in [-0.1, -0.05) is 36.1 Å². The minimum Gasteiger partial charge on any atom is -0.341 e. The Labute approximate surface area is 126 Å². The Kier molecular flexibility index (Phi) is 4.84. The Hall–Kier alpha value is -2.74. The SMILES string of the molecule is O=C(NCC#Cc1ccccc1)c1cccc(C(F)(F)F)c1. The Morgan fingerprint density at radius 3 is 2.45 bits per heavy atom. The average Bonchev–Trinajstić information content (AvgIpc) is 2.52. The van der Waals surface area contributed by atoms with Crippen LogP contribution in [0.1, 0.15) is 21.5 Å². The van der Waals surface area contributed by atoms with Crippen LogP contribution in [0.4, 0.5) is 13.2 Å². The van der Waals surface area contributed by atoms with Crippen LogP contribution in [0, 0.1) is 11.8 Å². The average molecular weight is 303 g/mol. The Bertz CT molecular complexity index is 712. The maximum Gasteiger partial charge on any atom is 0.416 e. The molecule has 0 aliphatic heterocycles. The molecule has 0 fully saturated rings. The minimum absolute atomic E-state index is 0.0451. The monoisotopic (exact) mass is 303 g/mol. The Morgan fingerprint density at radius 1 is 1.05 bits per heavy atom. The molecule has 0 spiro atoms. The summed E-state index contributed by atoms with van der Waals surface area (Å²) in [6, 6.07) is 13.5. The molecule has 0 radical (unpaired) electrons. The van der Waals surface area contributed by atoms with Gasteiger partial charge < -0.3 is 5.32 Å². The van der Waals surface area contributed by atoms with Crippen LogP contribution in [-0.2, 0) is 6.18 Å². The van der Waals surface area contributed by atoms with Crippen LogP contribution in [0.25, 0.3) is 0 Å². The van der Waals surface area contributed by atoms with E-state index in [1.807, 2.05) is 30.3 Å². The number of hydrogen-bond donors (Lipinski definition) is 1. The van der Waals surface area contributed by atoms with Crippen molar-refractivity contribution in [3.8, 4) is 11.8 Å². The fourth-order valence-electron chi connectivity index (χ4n) is 1.73. The predicted octanol–water partition coefficient (Wildman–Crippen LogP) is 3.49. The van der Waals surface area contributed by atoms with E-state index in [0.29, 0.717) is 0 Å². The number of hydrogen-bond acceptors (Lipinski definition) is 1. The number of rotatable bonds is 2. The van der Waals surface area contributed by atoms with Crippen molar-refractivity contribution in [3.63, 3.8) is 0 Å². The lowest BCUT2D eigenvalue weighted by Crippen LogP contribution is -2.24. The first-order chi connectivity index (χ1) is 10.5. The number of benzene rings is 2. The Balaban J connectivity index is 1.97. The third kappa shape index (κ3) is 4.38. The summed E-state index contributed by atoms with van der Waals surface area (Å²) in [4.78, 5) is 11.8. The molecule has 2 aromatic rings. The van der Waals surface area contributed by atoms with Gasteiger partial charge in [0.15, 0.2) is 0 Å². The third-order valence-corrected chi connectivity index (χ3v) is 2.80. The lowest BCUT2D eigenvalue weighted by molar-refractivity contribution is -0.137. The van der Waals surface area contributed by atoms with Crippen molar-refractivity contribution >= 4 is 5.91 Å². The van der Waals surface area contributed by atoms with Gasteiger partial charge >= 0.3 is 6.18 Å². The molecule has 0 aliphatic rings. The molecule has 22 heavy (non-hydrogen) atoms. The molecule has 5 heteroatoms. The molecule has 0 heterocycles. The van der Waals surface area contributed by atoms with Crippen molar-refractivity contribution in [1.29, 1.82) is 0 Å². The molecule has 112 valence electrons. The summed E-state index contributed by atoms with van der Waals surface area (Å²) in [6.07, 6.45) is -4.47. The molecule has 0 saturated carbocycles. The fraction of sp³-hybridized carbons (Fsp3) is 0.118. The number of carbonyl (C=O) groups is 1. The maximum absolute atomic E-state index is 12.6. The quantitative estimate of drug-likeness (QED) is 0.846. The van der Waals surface area contributed by atoms with Gasteiger partial charge in [0.2, 0.25) is 0 Å². The van der Waals surface area contributed by atoms with E-state index in [2.05, 4.69) is 17.2 Å². The van der Waals surface area contributed by atoms with E-state index < -0.39 is 17.6 Å². The van der Waals surface area contributed by atoms with Gasteiger partial charge in [-0.3, -0.25) is 4.79 Å². The van der Waals surface area contributed by atoms with E-state index in [1.165, 1.54) is 12.1 Å². The summed E-state index contributed by atoms with van der Waals surface area (Å²) in [6.45, 7) is 0.0595. The zero-order valence-corrected chi connectivity index (χ0v) is 11.4. The molecule has 0 aliphatic carbocycles. The van der Waals surface area contributed by atoms with Crippen molar-refractivity contribution in [3.05, 3.63) is 71.3 Å². The predicted molar refractivity (Wildman–Crippen MR) is 77.1 cm³/mol. The van der Waals surface area contributed by atoms with Crippen molar-refractivity contribution in [2.45, 2.75) is 6.18 Å². The second-order valence-corrected chi connectivity index (χ2v) is 4.43. The van der Waals surface area contributed by atoms with Gasteiger partial charge in [0.1, 0.15) is 0 Å². The number of halogens is 3. The van der Waals surface area contributed by atoms with Crippen LogP contribution in [0.2, 0.25) is 0 Å². The highest BCUT2D eigenvalue weighted by molar-refractivity contribution is 5.94. The maximum atomic E-state index is 12.6. The molecule has 2 rings (SSSR count). The molecule has 0 atom stereocenters. The highest BCUT2D eigenvalue weighted by atomic mass is 19.4. The van der Waals surface area contributed by atoms with Gasteiger partial charge in [-0.15, -0.1) is 0 Å². The summed E-state index contributed by atoms with van der Waals surface area (Å²) in [5.74, 6) is 5.00. The van der Waals surface area contributed by atoms with Crippen molar-refractivity contribution < 1.29 is 18.0 Å². The van der Waals surface area contributed by atoms with Gasteiger partial charge in [-0.2, -0.15) is 13.2 Å². The van der Waals surface area contributed by atoms with E-state index in [4.69, 9.17) is 0 Å². The first-order valence-electron chi connectivity index (χ1n) is 6.46. The van der Waals surface area contributed by atoms with Gasteiger partial charge in [-0.25, -0.2) is 0 Å². The smallest absolute Gasteiger partial charge is 0.341 e. The molecular formula is C17H12F3NO. The molecule has 0 unspecified atom stereocenters. The first-order valence-corrected chi connectivity index (χ1v) is 6.46. The topological polar surface area (TPSA) is 29.1 Å². The third-order valence-electron chi connectivity index (χ3n) is 2.80. The van der Waals surface area contributed by atoms with Crippen molar-refractivity contribution in [2.24, 2.45) is 0 Å². The summed E-state index contributed by atoms with van der Waals surface area (Å²) in [7, 11) is 0. The van der Waals surface area contributed by atoms with Crippen LogP contribution in [0.5, 0.6) is 0 Å². The second-order valence-electron chi connectivity index (χ2n) is 4.43. The van der Waals surface area contributed by atoms with E-state index in [-0.39, 0.29) is 12.1 Å². The van der Waals surface area contributed by atoms with Crippen LogP contribution in [0.3, 0.4) is 0 Å². The number of alkyl halides is 3. The molecule has 0 bridgehead atoms. The van der Waals surface area contributed by atoms with E-state index in [9.17, 15) is 18.0 Å². The molecule has 1 N–H and O–H groups in total. The Morgan fingerprint density at radius 2 is 1.77 bits per heavy atom. The van der Waals surface area contributed by atoms with E-state index >= 15 is 0 Å². The molecule has 2 nitrogen and oxygen atoms in total. The lowest BCUT2D eigenvalue weighted by atomic mass is 10.1. The van der Waals surface area contributed by atoms with E-state index in [1.54, 1.807) is 0 Å². The van der Waals surface area contributed by atoms with Crippen LogP contribution in [-0.4, -0.2) is 12.5 Å². The molecular weight excluding hydrogens is 291 g/mol. The molecule has 0 saturated heterocycles. The van der Waals surface area contributed by atoms with Gasteiger partial charge in [-0.05, 0) is 30.3 Å². The standard InChI is InChI=1S/C17H12F3NO/c18-17(19,20)15-10-4-9-14(12-15)16(22)21-11-5-8-13-6-2-1-3-7-13/h1-4,6-7,9-10,12H,11H2,(H,21,22). The van der Waals surface area contributed by atoms with Gasteiger partial charge in [0, 0.05) is 11.1 Å². The normalized spacial score (nSPS) is 10.5. The number of nitrogens with one attached hydrogen (secondary N) is 1. The van der Waals surface area contributed by atoms with Crippen LogP contribution >= 0.6 is 0 Å². The zero-order chi connectivity index (χ0) is 16.0. The molecule has 1 amide bonds. The summed E-state index contributed by atoms with van der Waals surface area (Å²) < 4.78 is 37.7. The number of carbonyl (C=O) groups excluding carboxylic acids is 1. The van der Waals surface area contributed by atoms with Crippen LogP contribution < -0.4 is 5.32 Å². The van der Waals surface area contributed by atoms with Crippen molar-refractivity contribution in [1.82, 2.24) is 5.32 Å². The first kappa shape index (κ1) is 15.6. The zero-order valence-electron chi connectivity index (χ0n) is 11.4. The van der Waals surface area contributed by atoms with E-state index in [0.717, 1.165) is 17.7 Å². The molecule has 2 aromatic carbocycles. The highest BCUT2D eigenvalue weighted by Gasteiger charge is 2.30. The summed E-state index contributed by atoms with van der Waals surface area (Å²) in [5.41, 5.74) is -0.0947. The summed E-state index contributed by atoms with van der Waals surface area (Å²) in [5, 5.41) is 2.47. The summed E-state index contributed by atoms with van der Waals surface area (Å²) >= 11 is 0. The second kappa shape index (κ2) is 6.81. The van der Waals surface area contributed by atoms with Crippen LogP contribution in [0.15, 0.2) is 54.6 Å².